The van der Waals surface area contributed by atoms with Crippen LogP contribution in [0.5, 0.6) is 5.75 Å². The summed E-state index contributed by atoms with van der Waals surface area (Å²) in [6.45, 7) is 8.37. The zero-order chi connectivity index (χ0) is 17.6. The fourth-order valence-corrected chi connectivity index (χ4v) is 3.90. The Bertz CT molecular complexity index is 564. The number of para-hydroxylation sites is 2. The molecule has 2 fully saturated rings. The fourth-order valence-electron chi connectivity index (χ4n) is 3.90. The highest BCUT2D eigenvalue weighted by Crippen LogP contribution is 2.29. The number of rotatable bonds is 6. The first kappa shape index (κ1) is 18.1. The van der Waals surface area contributed by atoms with Crippen molar-refractivity contribution in [3.63, 3.8) is 0 Å². The molecule has 25 heavy (non-hydrogen) atoms. The third-order valence-electron chi connectivity index (χ3n) is 5.45. The molecule has 1 aromatic rings. The maximum atomic E-state index is 12.5. The summed E-state index contributed by atoms with van der Waals surface area (Å²) >= 11 is 0. The molecule has 1 aromatic carbocycles. The number of anilines is 1. The standard InChI is InChI=1S/C20H31N3O2/c1-3-25-19-11-7-6-10-18(19)23-14-12-22(13-15-23)16(2)20(24)21-17-8-4-5-9-17/h6-7,10-11,16-17H,3-5,8-9,12-15H2,1-2H3,(H,21,24). The van der Waals surface area contributed by atoms with Crippen LogP contribution in [-0.2, 0) is 4.79 Å². The molecule has 1 aliphatic heterocycles. The molecule has 1 N–H and O–H groups in total. The summed E-state index contributed by atoms with van der Waals surface area (Å²) in [5, 5.41) is 3.23. The lowest BCUT2D eigenvalue weighted by atomic mass is 10.1. The highest BCUT2D eigenvalue weighted by Gasteiger charge is 2.28. The number of ether oxygens (including phenoxy) is 1. The molecule has 5 nitrogen and oxygen atoms in total. The average molecular weight is 345 g/mol. The summed E-state index contributed by atoms with van der Waals surface area (Å²) in [5.41, 5.74) is 1.16. The summed E-state index contributed by atoms with van der Waals surface area (Å²) in [6, 6.07) is 8.57. The van der Waals surface area contributed by atoms with Gasteiger partial charge in [-0.2, -0.15) is 0 Å². The van der Waals surface area contributed by atoms with Crippen LogP contribution in [0, 0.1) is 0 Å². The minimum Gasteiger partial charge on any atom is -0.492 e. The lowest BCUT2D eigenvalue weighted by molar-refractivity contribution is -0.126. The predicted molar refractivity (Wildman–Crippen MR) is 101 cm³/mol. The summed E-state index contributed by atoms with van der Waals surface area (Å²) in [4.78, 5) is 17.2. The van der Waals surface area contributed by atoms with Crippen molar-refractivity contribution in [2.75, 3.05) is 37.7 Å². The molecular formula is C20H31N3O2. The van der Waals surface area contributed by atoms with Crippen LogP contribution in [0.2, 0.25) is 0 Å². The van der Waals surface area contributed by atoms with Gasteiger partial charge in [0, 0.05) is 32.2 Å². The quantitative estimate of drug-likeness (QED) is 0.861. The van der Waals surface area contributed by atoms with Crippen LogP contribution in [0.4, 0.5) is 5.69 Å². The summed E-state index contributed by atoms with van der Waals surface area (Å²) in [7, 11) is 0. The summed E-state index contributed by atoms with van der Waals surface area (Å²) in [5.74, 6) is 1.14. The van der Waals surface area contributed by atoms with Gasteiger partial charge in [0.1, 0.15) is 5.75 Å². The molecule has 1 heterocycles. The Labute approximate surface area is 151 Å². The Morgan fingerprint density at radius 3 is 2.56 bits per heavy atom. The van der Waals surface area contributed by atoms with Gasteiger partial charge in [-0.25, -0.2) is 0 Å². The van der Waals surface area contributed by atoms with Gasteiger partial charge in [-0.05, 0) is 38.8 Å². The smallest absolute Gasteiger partial charge is 0.237 e. The van der Waals surface area contributed by atoms with E-state index in [2.05, 4.69) is 27.2 Å². The molecule has 1 atom stereocenters. The first-order chi connectivity index (χ1) is 12.2. The van der Waals surface area contributed by atoms with E-state index in [9.17, 15) is 4.79 Å². The van der Waals surface area contributed by atoms with Crippen molar-refractivity contribution in [2.45, 2.75) is 51.6 Å². The molecule has 1 saturated heterocycles. The van der Waals surface area contributed by atoms with Crippen molar-refractivity contribution in [2.24, 2.45) is 0 Å². The highest BCUT2D eigenvalue weighted by atomic mass is 16.5. The molecule has 138 valence electrons. The topological polar surface area (TPSA) is 44.8 Å². The molecule has 0 radical (unpaired) electrons. The van der Waals surface area contributed by atoms with Gasteiger partial charge in [0.25, 0.3) is 0 Å². The third-order valence-corrected chi connectivity index (χ3v) is 5.45. The second-order valence-corrected chi connectivity index (χ2v) is 7.09. The molecule has 0 bridgehead atoms. The minimum absolute atomic E-state index is 0.0510. The first-order valence-electron chi connectivity index (χ1n) is 9.70. The number of benzene rings is 1. The van der Waals surface area contributed by atoms with Crippen molar-refractivity contribution in [3.8, 4) is 5.75 Å². The summed E-state index contributed by atoms with van der Waals surface area (Å²) < 4.78 is 5.76. The van der Waals surface area contributed by atoms with E-state index < -0.39 is 0 Å². The number of nitrogens with zero attached hydrogens (tertiary/aromatic N) is 2. The molecule has 1 saturated carbocycles. The van der Waals surface area contributed by atoms with Gasteiger partial charge in [-0.3, -0.25) is 9.69 Å². The first-order valence-corrected chi connectivity index (χ1v) is 9.70. The van der Waals surface area contributed by atoms with Gasteiger partial charge in [0.15, 0.2) is 0 Å². The average Bonchev–Trinajstić information content (AvgIpc) is 3.15. The lowest BCUT2D eigenvalue weighted by Crippen LogP contribution is -2.54. The lowest BCUT2D eigenvalue weighted by Gasteiger charge is -2.39. The van der Waals surface area contributed by atoms with E-state index in [1.807, 2.05) is 26.0 Å². The number of carbonyl (C=O) groups is 1. The number of carbonyl (C=O) groups excluding carboxylic acids is 1. The molecule has 0 spiro atoms. The number of hydrogen-bond donors (Lipinski definition) is 1. The van der Waals surface area contributed by atoms with Crippen LogP contribution in [0.15, 0.2) is 24.3 Å². The number of hydrogen-bond acceptors (Lipinski definition) is 4. The second-order valence-electron chi connectivity index (χ2n) is 7.09. The van der Waals surface area contributed by atoms with Crippen LogP contribution in [0.3, 0.4) is 0 Å². The fraction of sp³-hybridized carbons (Fsp3) is 0.650. The van der Waals surface area contributed by atoms with E-state index >= 15 is 0 Å². The van der Waals surface area contributed by atoms with Gasteiger partial charge in [-0.15, -0.1) is 0 Å². The van der Waals surface area contributed by atoms with E-state index in [0.29, 0.717) is 12.6 Å². The van der Waals surface area contributed by atoms with E-state index in [4.69, 9.17) is 4.74 Å². The Morgan fingerprint density at radius 2 is 1.88 bits per heavy atom. The number of piperazine rings is 1. The Hall–Kier alpha value is -1.75. The van der Waals surface area contributed by atoms with Crippen LogP contribution < -0.4 is 15.0 Å². The maximum Gasteiger partial charge on any atom is 0.237 e. The van der Waals surface area contributed by atoms with E-state index in [0.717, 1.165) is 50.5 Å². The number of nitrogens with one attached hydrogen (secondary N) is 1. The zero-order valence-corrected chi connectivity index (χ0v) is 15.5. The van der Waals surface area contributed by atoms with Crippen LogP contribution in [-0.4, -0.2) is 55.7 Å². The van der Waals surface area contributed by atoms with Crippen LogP contribution >= 0.6 is 0 Å². The Morgan fingerprint density at radius 1 is 1.20 bits per heavy atom. The van der Waals surface area contributed by atoms with Gasteiger partial charge in [0.2, 0.25) is 5.91 Å². The van der Waals surface area contributed by atoms with Crippen LogP contribution in [0.25, 0.3) is 0 Å². The monoisotopic (exact) mass is 345 g/mol. The van der Waals surface area contributed by atoms with Crippen molar-refractivity contribution in [1.82, 2.24) is 10.2 Å². The van der Waals surface area contributed by atoms with Gasteiger partial charge >= 0.3 is 0 Å². The molecule has 3 rings (SSSR count). The third kappa shape index (κ3) is 4.46. The number of amides is 1. The van der Waals surface area contributed by atoms with Gasteiger partial charge in [0.05, 0.1) is 18.3 Å². The summed E-state index contributed by atoms with van der Waals surface area (Å²) in [6.07, 6.45) is 4.77. The molecule has 2 aliphatic rings. The highest BCUT2D eigenvalue weighted by molar-refractivity contribution is 5.81. The van der Waals surface area contributed by atoms with E-state index in [1.165, 1.54) is 12.8 Å². The normalized spacial score (nSPS) is 20.5. The molecule has 1 aliphatic carbocycles. The van der Waals surface area contributed by atoms with Crippen molar-refractivity contribution in [1.29, 1.82) is 0 Å². The molecule has 1 amide bonds. The Kier molecular flexibility index (Phi) is 6.19. The maximum absolute atomic E-state index is 12.5. The van der Waals surface area contributed by atoms with Gasteiger partial charge < -0.3 is 15.0 Å². The molecule has 5 heteroatoms. The van der Waals surface area contributed by atoms with Crippen molar-refractivity contribution in [3.05, 3.63) is 24.3 Å². The van der Waals surface area contributed by atoms with Crippen molar-refractivity contribution >= 4 is 11.6 Å². The molecular weight excluding hydrogens is 314 g/mol. The predicted octanol–water partition coefficient (Wildman–Crippen LogP) is 2.65. The minimum atomic E-state index is -0.0510. The Balaban J connectivity index is 1.53. The van der Waals surface area contributed by atoms with E-state index in [1.54, 1.807) is 0 Å². The second kappa shape index (κ2) is 8.56. The SMILES string of the molecule is CCOc1ccccc1N1CCN(C(C)C(=O)NC2CCCC2)CC1. The molecule has 1 unspecified atom stereocenters. The van der Waals surface area contributed by atoms with Crippen molar-refractivity contribution < 1.29 is 9.53 Å². The largest absolute Gasteiger partial charge is 0.492 e. The van der Waals surface area contributed by atoms with Crippen LogP contribution in [0.1, 0.15) is 39.5 Å². The van der Waals surface area contributed by atoms with E-state index in [-0.39, 0.29) is 11.9 Å². The zero-order valence-electron chi connectivity index (χ0n) is 15.5. The van der Waals surface area contributed by atoms with Gasteiger partial charge in [-0.1, -0.05) is 25.0 Å². The molecule has 0 aromatic heterocycles.